The number of rotatable bonds is 11. The van der Waals surface area contributed by atoms with Gasteiger partial charge in [-0.05, 0) is 46.9 Å². The lowest BCUT2D eigenvalue weighted by Gasteiger charge is -2.23. The second-order valence-corrected chi connectivity index (χ2v) is 12.7. The van der Waals surface area contributed by atoms with Gasteiger partial charge in [0.05, 0.1) is 0 Å². The van der Waals surface area contributed by atoms with Gasteiger partial charge >= 0.3 is 8.56 Å². The Labute approximate surface area is 209 Å². The SMILES string of the molecule is CC(C)[Si](O)(O)C=Cc1cccc(CN(CCc2ccccc2)CCc2c[nH]c3ccccc23)c1. The van der Waals surface area contributed by atoms with E-state index in [4.69, 9.17) is 0 Å². The van der Waals surface area contributed by atoms with E-state index in [0.717, 1.165) is 38.0 Å². The molecule has 4 aromatic rings. The van der Waals surface area contributed by atoms with E-state index in [9.17, 15) is 9.59 Å². The van der Waals surface area contributed by atoms with E-state index < -0.39 is 8.56 Å². The van der Waals surface area contributed by atoms with E-state index in [-0.39, 0.29) is 5.54 Å². The van der Waals surface area contributed by atoms with Crippen LogP contribution in [0.3, 0.4) is 0 Å². The zero-order valence-corrected chi connectivity index (χ0v) is 21.7. The minimum Gasteiger partial charge on any atom is -0.408 e. The summed E-state index contributed by atoms with van der Waals surface area (Å²) in [6, 6.07) is 27.5. The van der Waals surface area contributed by atoms with Crippen LogP contribution in [-0.4, -0.2) is 41.1 Å². The van der Waals surface area contributed by atoms with Crippen molar-refractivity contribution in [3.05, 3.63) is 113 Å². The monoisotopic (exact) mass is 484 g/mol. The summed E-state index contributed by atoms with van der Waals surface area (Å²) in [5, 5.41) is 1.30. The fraction of sp³-hybridized carbons (Fsp3) is 0.267. The highest BCUT2D eigenvalue weighted by Crippen LogP contribution is 2.20. The molecule has 0 aliphatic rings. The lowest BCUT2D eigenvalue weighted by Crippen LogP contribution is -2.35. The van der Waals surface area contributed by atoms with Crippen LogP contribution in [0, 0.1) is 0 Å². The van der Waals surface area contributed by atoms with Crippen molar-refractivity contribution in [2.45, 2.75) is 38.8 Å². The Morgan fingerprint density at radius 1 is 0.857 bits per heavy atom. The molecule has 0 saturated heterocycles. The number of para-hydroxylation sites is 1. The van der Waals surface area contributed by atoms with E-state index >= 15 is 0 Å². The molecule has 1 heterocycles. The van der Waals surface area contributed by atoms with Crippen LogP contribution in [0.15, 0.2) is 90.8 Å². The number of fused-ring (bicyclic) bond motifs is 1. The number of hydrogen-bond donors (Lipinski definition) is 3. The first kappa shape index (κ1) is 25.1. The van der Waals surface area contributed by atoms with E-state index in [1.165, 1.54) is 27.6 Å². The van der Waals surface area contributed by atoms with Crippen molar-refractivity contribution in [2.24, 2.45) is 0 Å². The molecule has 0 spiro atoms. The fourth-order valence-corrected chi connectivity index (χ4v) is 5.11. The van der Waals surface area contributed by atoms with Crippen LogP contribution < -0.4 is 0 Å². The molecule has 4 nitrogen and oxygen atoms in total. The number of benzene rings is 3. The maximum Gasteiger partial charge on any atom is 0.362 e. The number of hydrogen-bond acceptors (Lipinski definition) is 3. The lowest BCUT2D eigenvalue weighted by atomic mass is 10.1. The van der Waals surface area contributed by atoms with Crippen LogP contribution in [0.5, 0.6) is 0 Å². The Morgan fingerprint density at radius 2 is 1.57 bits per heavy atom. The summed E-state index contributed by atoms with van der Waals surface area (Å²) in [6.45, 7) is 6.49. The zero-order valence-electron chi connectivity index (χ0n) is 20.7. The Kier molecular flexibility index (Phi) is 8.36. The van der Waals surface area contributed by atoms with Crippen LogP contribution in [0.4, 0.5) is 0 Å². The van der Waals surface area contributed by atoms with Crippen LogP contribution >= 0.6 is 0 Å². The molecule has 4 rings (SSSR count). The predicted octanol–water partition coefficient (Wildman–Crippen LogP) is 5.84. The predicted molar refractivity (Wildman–Crippen MR) is 148 cm³/mol. The summed E-state index contributed by atoms with van der Waals surface area (Å²) in [7, 11) is -3.32. The third-order valence-corrected chi connectivity index (χ3v) is 9.02. The highest BCUT2D eigenvalue weighted by Gasteiger charge is 2.29. The van der Waals surface area contributed by atoms with Crippen molar-refractivity contribution < 1.29 is 9.59 Å². The molecule has 0 atom stereocenters. The Bertz CT molecular complexity index is 1250. The van der Waals surface area contributed by atoms with E-state index in [0.29, 0.717) is 0 Å². The van der Waals surface area contributed by atoms with E-state index in [1.54, 1.807) is 5.70 Å². The van der Waals surface area contributed by atoms with Crippen molar-refractivity contribution in [3.8, 4) is 0 Å². The molecule has 0 aliphatic carbocycles. The minimum absolute atomic E-state index is 0.139. The van der Waals surface area contributed by atoms with Gasteiger partial charge < -0.3 is 14.6 Å². The maximum atomic E-state index is 10.3. The van der Waals surface area contributed by atoms with Gasteiger partial charge in [0.1, 0.15) is 0 Å². The fourth-order valence-electron chi connectivity index (χ4n) is 4.28. The summed E-state index contributed by atoms with van der Waals surface area (Å²) in [5.74, 6) is 0. The summed E-state index contributed by atoms with van der Waals surface area (Å²) < 4.78 is 0. The molecule has 5 heteroatoms. The average molecular weight is 485 g/mol. The molecular weight excluding hydrogens is 448 g/mol. The van der Waals surface area contributed by atoms with Gasteiger partial charge in [-0.2, -0.15) is 0 Å². The highest BCUT2D eigenvalue weighted by molar-refractivity contribution is 6.72. The molecular formula is C30H36N2O2Si. The zero-order chi connectivity index (χ0) is 24.7. The molecule has 0 unspecified atom stereocenters. The van der Waals surface area contributed by atoms with Crippen molar-refractivity contribution in [2.75, 3.05) is 13.1 Å². The first-order chi connectivity index (χ1) is 16.9. The summed E-state index contributed by atoms with van der Waals surface area (Å²) in [6.07, 6.45) is 5.98. The van der Waals surface area contributed by atoms with Crippen LogP contribution in [0.1, 0.15) is 36.1 Å². The molecule has 1 aromatic heterocycles. The lowest BCUT2D eigenvalue weighted by molar-refractivity contribution is 0.272. The first-order valence-corrected chi connectivity index (χ1v) is 14.5. The highest BCUT2D eigenvalue weighted by atomic mass is 28.4. The molecule has 0 radical (unpaired) electrons. The van der Waals surface area contributed by atoms with Crippen LogP contribution in [0.2, 0.25) is 5.54 Å². The minimum atomic E-state index is -3.32. The molecule has 0 bridgehead atoms. The van der Waals surface area contributed by atoms with Crippen LogP contribution in [-0.2, 0) is 19.4 Å². The number of H-pyrrole nitrogens is 1. The van der Waals surface area contributed by atoms with Crippen molar-refractivity contribution in [3.63, 3.8) is 0 Å². The van der Waals surface area contributed by atoms with Crippen molar-refractivity contribution in [1.29, 1.82) is 0 Å². The molecule has 0 fully saturated rings. The molecule has 0 aliphatic heterocycles. The molecule has 0 saturated carbocycles. The Hall–Kier alpha value is -2.96. The molecule has 0 amide bonds. The van der Waals surface area contributed by atoms with Gasteiger partial charge in [-0.3, -0.25) is 4.90 Å². The van der Waals surface area contributed by atoms with Crippen molar-refractivity contribution in [1.82, 2.24) is 9.88 Å². The third-order valence-electron chi connectivity index (χ3n) is 6.66. The van der Waals surface area contributed by atoms with Gasteiger partial charge in [0.2, 0.25) is 0 Å². The summed E-state index contributed by atoms with van der Waals surface area (Å²) in [5.41, 5.74) is 7.59. The van der Waals surface area contributed by atoms with Gasteiger partial charge in [0, 0.05) is 42.3 Å². The Balaban J connectivity index is 1.48. The molecule has 3 N–H and O–H groups in total. The van der Waals surface area contributed by atoms with Gasteiger partial charge in [-0.1, -0.05) is 92.7 Å². The number of aromatic amines is 1. The maximum absolute atomic E-state index is 10.3. The number of aromatic nitrogens is 1. The second-order valence-electron chi connectivity index (χ2n) is 9.64. The number of nitrogens with zero attached hydrogens (tertiary/aromatic N) is 1. The van der Waals surface area contributed by atoms with Gasteiger partial charge in [-0.25, -0.2) is 0 Å². The van der Waals surface area contributed by atoms with Crippen LogP contribution in [0.25, 0.3) is 17.0 Å². The summed E-state index contributed by atoms with van der Waals surface area (Å²) in [4.78, 5) is 26.5. The third kappa shape index (κ3) is 7.02. The van der Waals surface area contributed by atoms with Crippen molar-refractivity contribution >= 4 is 25.5 Å². The molecule has 3 aromatic carbocycles. The quantitative estimate of drug-likeness (QED) is 0.234. The first-order valence-electron chi connectivity index (χ1n) is 12.4. The van der Waals surface area contributed by atoms with E-state index in [1.807, 2.05) is 26.0 Å². The smallest absolute Gasteiger partial charge is 0.362 e. The molecule has 182 valence electrons. The van der Waals surface area contributed by atoms with E-state index in [2.05, 4.69) is 88.9 Å². The summed E-state index contributed by atoms with van der Waals surface area (Å²) >= 11 is 0. The van der Waals surface area contributed by atoms with Gasteiger partial charge in [0.25, 0.3) is 0 Å². The average Bonchev–Trinajstić information content (AvgIpc) is 3.28. The largest absolute Gasteiger partial charge is 0.408 e. The second kappa shape index (κ2) is 11.6. The Morgan fingerprint density at radius 3 is 2.37 bits per heavy atom. The number of nitrogens with one attached hydrogen (secondary N) is 1. The topological polar surface area (TPSA) is 59.5 Å². The van der Waals surface area contributed by atoms with Gasteiger partial charge in [0.15, 0.2) is 0 Å². The van der Waals surface area contributed by atoms with Gasteiger partial charge in [-0.15, -0.1) is 0 Å². The molecule has 35 heavy (non-hydrogen) atoms. The normalized spacial score (nSPS) is 12.4. The standard InChI is InChI=1S/C30H36N2O2Si/c1-24(2)35(33,34)20-17-26-11-8-12-27(21-26)23-32(18-15-25-9-4-3-5-10-25)19-16-28-22-31-30-14-7-6-13-29(28)30/h3-14,17,20-22,24,31,33-34H,15-16,18-19,23H2,1-2H3.